The number of fused-ring (bicyclic) bond motifs is 1. The molecule has 6 nitrogen and oxygen atoms in total. The van der Waals surface area contributed by atoms with Crippen molar-refractivity contribution >= 4 is 23.0 Å². The number of terminal acetylenes is 1. The molecule has 0 radical (unpaired) electrons. The molecule has 1 aromatic carbocycles. The molecule has 2 rings (SSSR count). The lowest BCUT2D eigenvalue weighted by Crippen LogP contribution is -2.50. The minimum absolute atomic E-state index is 0.217. The largest absolute Gasteiger partial charge is 0.481 e. The van der Waals surface area contributed by atoms with Crippen LogP contribution in [0.15, 0.2) is 29.6 Å². The van der Waals surface area contributed by atoms with Gasteiger partial charge < -0.3 is 14.9 Å². The van der Waals surface area contributed by atoms with Crippen LogP contribution in [0.5, 0.6) is 5.75 Å². The van der Waals surface area contributed by atoms with E-state index in [2.05, 4.69) is 21.4 Å². The highest BCUT2D eigenvalue weighted by atomic mass is 16.6. The van der Waals surface area contributed by atoms with Crippen molar-refractivity contribution in [1.29, 1.82) is 0 Å². The number of rotatable bonds is 9. The number of hydrogen-bond acceptors (Lipinski definition) is 5. The number of ether oxygens (including phenoxy) is 1. The number of hydrogen-bond donors (Lipinski definition) is 1. The molecular formula is C24H31N3O3. The first kappa shape index (κ1) is 23.2. The maximum atomic E-state index is 12.8. The summed E-state index contributed by atoms with van der Waals surface area (Å²) in [5.41, 5.74) is 1.84. The lowest BCUT2D eigenvalue weighted by atomic mass is 10.1. The number of nitrogens with one attached hydrogen (secondary N) is 1. The summed E-state index contributed by atoms with van der Waals surface area (Å²) in [4.78, 5) is 22.5. The Hall–Kier alpha value is -3.07. The second-order valence-corrected chi connectivity index (χ2v) is 8.33. The highest BCUT2D eigenvalue weighted by molar-refractivity contribution is 5.87. The Kier molecular flexibility index (Phi) is 7.82. The fourth-order valence-corrected chi connectivity index (χ4v) is 2.82. The van der Waals surface area contributed by atoms with Gasteiger partial charge in [0.15, 0.2) is 6.10 Å². The number of aryl methyl sites for hydroxylation is 1. The van der Waals surface area contributed by atoms with Crippen LogP contribution in [0.1, 0.15) is 52.2 Å². The molecule has 0 aliphatic carbocycles. The zero-order chi connectivity index (χ0) is 22.3. The van der Waals surface area contributed by atoms with Crippen LogP contribution < -0.4 is 10.1 Å². The van der Waals surface area contributed by atoms with Crippen molar-refractivity contribution in [3.63, 3.8) is 0 Å². The van der Waals surface area contributed by atoms with E-state index in [9.17, 15) is 4.79 Å². The Morgan fingerprint density at radius 2 is 2.10 bits per heavy atom. The predicted molar refractivity (Wildman–Crippen MR) is 121 cm³/mol. The van der Waals surface area contributed by atoms with E-state index in [1.807, 2.05) is 59.7 Å². The zero-order valence-electron chi connectivity index (χ0n) is 18.7. The van der Waals surface area contributed by atoms with E-state index < -0.39 is 11.6 Å². The molecule has 1 amide bonds. The number of pyridine rings is 1. The van der Waals surface area contributed by atoms with Gasteiger partial charge in [0.25, 0.3) is 5.91 Å². The Labute approximate surface area is 179 Å². The molecule has 6 heteroatoms. The predicted octanol–water partition coefficient (Wildman–Crippen LogP) is 4.24. The third-order valence-electron chi connectivity index (χ3n) is 4.36. The summed E-state index contributed by atoms with van der Waals surface area (Å²) in [6, 6.07) is 5.63. The van der Waals surface area contributed by atoms with E-state index in [0.717, 1.165) is 16.5 Å². The molecule has 1 heterocycles. The number of nitrogens with zero attached hydrogens (tertiary/aromatic N) is 2. The fraction of sp³-hybridized carbons (Fsp3) is 0.458. The zero-order valence-corrected chi connectivity index (χ0v) is 18.7. The first-order valence-corrected chi connectivity index (χ1v) is 10.2. The standard InChI is InChI=1S/C24H31N3O3/c1-8-18-11-19-12-20(10-17(5)22(19)25-13-18)30-21(9-2)23(28)27-24(6,7)15-26-29-14-16(3)4/h1,10-13,15-16,21H,9,14H2,2-7H3,(H,27,28). The molecule has 0 fully saturated rings. The minimum atomic E-state index is -0.671. The van der Waals surface area contributed by atoms with Gasteiger partial charge in [0.05, 0.1) is 17.3 Å². The van der Waals surface area contributed by atoms with Gasteiger partial charge in [0.2, 0.25) is 0 Å². The molecule has 0 spiro atoms. The third-order valence-corrected chi connectivity index (χ3v) is 4.36. The minimum Gasteiger partial charge on any atom is -0.481 e. The molecule has 2 aromatic rings. The highest BCUT2D eigenvalue weighted by Crippen LogP contribution is 2.25. The van der Waals surface area contributed by atoms with E-state index in [0.29, 0.717) is 30.3 Å². The van der Waals surface area contributed by atoms with Crippen molar-refractivity contribution in [1.82, 2.24) is 10.3 Å². The highest BCUT2D eigenvalue weighted by Gasteiger charge is 2.25. The van der Waals surface area contributed by atoms with Gasteiger partial charge in [-0.3, -0.25) is 9.78 Å². The normalized spacial score (nSPS) is 12.7. The van der Waals surface area contributed by atoms with Gasteiger partial charge in [-0.2, -0.15) is 0 Å². The first-order chi connectivity index (χ1) is 14.1. The molecule has 1 unspecified atom stereocenters. The lowest BCUT2D eigenvalue weighted by Gasteiger charge is -2.25. The van der Waals surface area contributed by atoms with E-state index >= 15 is 0 Å². The van der Waals surface area contributed by atoms with Gasteiger partial charge in [-0.05, 0) is 56.9 Å². The maximum Gasteiger partial charge on any atom is 0.261 e. The van der Waals surface area contributed by atoms with Crippen LogP contribution in [-0.2, 0) is 9.63 Å². The molecule has 1 atom stereocenters. The number of oxime groups is 1. The number of carbonyl (C=O) groups is 1. The summed E-state index contributed by atoms with van der Waals surface area (Å²) >= 11 is 0. The van der Waals surface area contributed by atoms with Crippen LogP contribution in [0.4, 0.5) is 0 Å². The quantitative estimate of drug-likeness (QED) is 0.382. The fourth-order valence-electron chi connectivity index (χ4n) is 2.82. The van der Waals surface area contributed by atoms with Crippen LogP contribution in [0, 0.1) is 25.2 Å². The monoisotopic (exact) mass is 409 g/mol. The summed E-state index contributed by atoms with van der Waals surface area (Å²) in [6.07, 6.45) is 8.62. The molecule has 0 aliphatic heterocycles. The SMILES string of the molecule is C#Cc1cnc2c(C)cc(OC(CC)C(=O)NC(C)(C)C=NOCC(C)C)cc2c1. The average molecular weight is 410 g/mol. The van der Waals surface area contributed by atoms with Crippen LogP contribution in [0.2, 0.25) is 0 Å². The molecule has 0 saturated carbocycles. The second-order valence-electron chi connectivity index (χ2n) is 8.33. The molecular weight excluding hydrogens is 378 g/mol. The number of aromatic nitrogens is 1. The summed E-state index contributed by atoms with van der Waals surface area (Å²) in [7, 11) is 0. The van der Waals surface area contributed by atoms with Crippen molar-refractivity contribution in [3.05, 3.63) is 35.5 Å². The average Bonchev–Trinajstić information content (AvgIpc) is 2.68. The number of benzene rings is 1. The summed E-state index contributed by atoms with van der Waals surface area (Å²) in [5, 5.41) is 7.80. The van der Waals surface area contributed by atoms with Crippen LogP contribution in [0.3, 0.4) is 0 Å². The van der Waals surface area contributed by atoms with Gasteiger partial charge in [0, 0.05) is 17.1 Å². The smallest absolute Gasteiger partial charge is 0.261 e. The molecule has 0 saturated heterocycles. The molecule has 0 aliphatic rings. The van der Waals surface area contributed by atoms with E-state index in [1.54, 1.807) is 12.4 Å². The third kappa shape index (κ3) is 6.48. The Bertz CT molecular complexity index is 958. The molecule has 1 N–H and O–H groups in total. The van der Waals surface area contributed by atoms with E-state index in [-0.39, 0.29) is 5.91 Å². The summed E-state index contributed by atoms with van der Waals surface area (Å²) < 4.78 is 6.02. The van der Waals surface area contributed by atoms with Crippen molar-refractivity contribution in [2.75, 3.05) is 6.61 Å². The summed E-state index contributed by atoms with van der Waals surface area (Å²) in [5.74, 6) is 3.36. The molecule has 0 bridgehead atoms. The van der Waals surface area contributed by atoms with Gasteiger partial charge in [-0.15, -0.1) is 6.42 Å². The van der Waals surface area contributed by atoms with Crippen molar-refractivity contribution in [2.24, 2.45) is 11.1 Å². The molecule has 30 heavy (non-hydrogen) atoms. The van der Waals surface area contributed by atoms with Crippen molar-refractivity contribution in [3.8, 4) is 18.1 Å². The maximum absolute atomic E-state index is 12.8. The van der Waals surface area contributed by atoms with Gasteiger partial charge >= 0.3 is 0 Å². The Morgan fingerprint density at radius 3 is 2.73 bits per heavy atom. The van der Waals surface area contributed by atoms with Gasteiger partial charge in [0.1, 0.15) is 12.4 Å². The second kappa shape index (κ2) is 10.1. The summed E-state index contributed by atoms with van der Waals surface area (Å²) in [6.45, 7) is 12.2. The first-order valence-electron chi connectivity index (χ1n) is 10.2. The van der Waals surface area contributed by atoms with Crippen LogP contribution in [-0.4, -0.2) is 35.4 Å². The van der Waals surface area contributed by atoms with Crippen molar-refractivity contribution in [2.45, 2.75) is 59.6 Å². The van der Waals surface area contributed by atoms with Crippen LogP contribution >= 0.6 is 0 Å². The Balaban J connectivity index is 2.12. The lowest BCUT2D eigenvalue weighted by molar-refractivity contribution is -0.129. The van der Waals surface area contributed by atoms with Gasteiger partial charge in [-0.1, -0.05) is 31.8 Å². The van der Waals surface area contributed by atoms with Crippen LogP contribution in [0.25, 0.3) is 10.9 Å². The van der Waals surface area contributed by atoms with Crippen molar-refractivity contribution < 1.29 is 14.4 Å². The van der Waals surface area contributed by atoms with Gasteiger partial charge in [-0.25, -0.2) is 0 Å². The topological polar surface area (TPSA) is 72.8 Å². The van der Waals surface area contributed by atoms with E-state index in [1.165, 1.54) is 0 Å². The Morgan fingerprint density at radius 1 is 1.37 bits per heavy atom. The molecule has 1 aromatic heterocycles. The number of amides is 1. The van der Waals surface area contributed by atoms with E-state index in [4.69, 9.17) is 16.0 Å². The molecule has 160 valence electrons. The number of carbonyl (C=O) groups excluding carboxylic acids is 1.